The second-order valence-corrected chi connectivity index (χ2v) is 5.93. The number of amides is 1. The maximum Gasteiger partial charge on any atom is 0.260 e. The van der Waals surface area contributed by atoms with Gasteiger partial charge < -0.3 is 10.6 Å². The average molecular weight is 301 g/mol. The number of hydrogen-bond acceptors (Lipinski definition) is 2. The zero-order valence-electron chi connectivity index (χ0n) is 12.1. The molecule has 1 amide bonds. The molecule has 21 heavy (non-hydrogen) atoms. The number of nitrogen functional groups attached to an aromatic ring is 1. The molecule has 1 heterocycles. The number of anilines is 2. The topological polar surface area (TPSA) is 46.3 Å². The molecule has 2 N–H and O–H groups in total. The third-order valence-electron chi connectivity index (χ3n) is 3.96. The molecule has 0 saturated carbocycles. The number of carbonyl (C=O) groups is 1. The van der Waals surface area contributed by atoms with Crippen LogP contribution in [0.2, 0.25) is 5.02 Å². The van der Waals surface area contributed by atoms with Crippen LogP contribution in [0.25, 0.3) is 0 Å². The maximum atomic E-state index is 12.9. The first-order chi connectivity index (χ1) is 9.99. The monoisotopic (exact) mass is 300 g/mol. The van der Waals surface area contributed by atoms with Crippen molar-refractivity contribution in [1.82, 2.24) is 0 Å². The van der Waals surface area contributed by atoms with Crippen molar-refractivity contribution in [3.05, 3.63) is 58.1 Å². The molecule has 3 rings (SSSR count). The maximum absolute atomic E-state index is 12.9. The van der Waals surface area contributed by atoms with Gasteiger partial charge in [-0.15, -0.1) is 0 Å². The van der Waals surface area contributed by atoms with Crippen molar-refractivity contribution in [1.29, 1.82) is 0 Å². The van der Waals surface area contributed by atoms with Gasteiger partial charge in [-0.2, -0.15) is 0 Å². The van der Waals surface area contributed by atoms with Crippen LogP contribution in [0, 0.1) is 6.92 Å². The van der Waals surface area contributed by atoms with Gasteiger partial charge in [-0.1, -0.05) is 23.7 Å². The van der Waals surface area contributed by atoms with Crippen LogP contribution in [0.1, 0.15) is 28.4 Å². The summed E-state index contributed by atoms with van der Waals surface area (Å²) in [6.45, 7) is 3.94. The highest BCUT2D eigenvalue weighted by Gasteiger charge is 2.32. The van der Waals surface area contributed by atoms with Crippen LogP contribution in [-0.4, -0.2) is 11.9 Å². The summed E-state index contributed by atoms with van der Waals surface area (Å²) in [6.07, 6.45) is 0.815. The van der Waals surface area contributed by atoms with Crippen molar-refractivity contribution in [3.63, 3.8) is 0 Å². The van der Waals surface area contributed by atoms with Crippen molar-refractivity contribution in [2.24, 2.45) is 0 Å². The molecule has 3 nitrogen and oxygen atoms in total. The SMILES string of the molecule is Cc1cccc(C(=O)N2c3ccc(N)cc3CC2C)c1Cl. The molecule has 1 unspecified atom stereocenters. The van der Waals surface area contributed by atoms with Crippen LogP contribution in [0.15, 0.2) is 36.4 Å². The molecule has 0 aromatic heterocycles. The van der Waals surface area contributed by atoms with Gasteiger partial charge in [0.1, 0.15) is 0 Å². The van der Waals surface area contributed by atoms with Gasteiger partial charge in [-0.05, 0) is 55.7 Å². The van der Waals surface area contributed by atoms with Gasteiger partial charge in [0.2, 0.25) is 0 Å². The van der Waals surface area contributed by atoms with E-state index in [0.29, 0.717) is 10.6 Å². The molecule has 0 spiro atoms. The van der Waals surface area contributed by atoms with Crippen LogP contribution in [0.4, 0.5) is 11.4 Å². The molecule has 1 aliphatic rings. The lowest BCUT2D eigenvalue weighted by atomic mass is 10.1. The molecule has 0 aliphatic carbocycles. The molecule has 1 aliphatic heterocycles. The van der Waals surface area contributed by atoms with Gasteiger partial charge >= 0.3 is 0 Å². The fourth-order valence-corrected chi connectivity index (χ4v) is 3.11. The number of rotatable bonds is 1. The minimum Gasteiger partial charge on any atom is -0.399 e. The zero-order chi connectivity index (χ0) is 15.1. The summed E-state index contributed by atoms with van der Waals surface area (Å²) in [5, 5.41) is 0.526. The van der Waals surface area contributed by atoms with E-state index in [1.807, 2.05) is 49.1 Å². The molecule has 1 atom stereocenters. The summed E-state index contributed by atoms with van der Waals surface area (Å²) >= 11 is 6.30. The average Bonchev–Trinajstić information content (AvgIpc) is 2.76. The first-order valence-corrected chi connectivity index (χ1v) is 7.34. The molecule has 2 aromatic rings. The van der Waals surface area contributed by atoms with Gasteiger partial charge in [-0.3, -0.25) is 4.79 Å². The molecule has 0 saturated heterocycles. The van der Waals surface area contributed by atoms with Crippen LogP contribution in [0.5, 0.6) is 0 Å². The number of fused-ring (bicyclic) bond motifs is 1. The van der Waals surface area contributed by atoms with E-state index in [9.17, 15) is 4.79 Å². The standard InChI is InChI=1S/C17H17ClN2O/c1-10-4-3-5-14(16(10)18)17(21)20-11(2)8-12-9-13(19)6-7-15(12)20/h3-7,9,11H,8,19H2,1-2H3. The number of nitrogens with two attached hydrogens (primary N) is 1. The number of halogens is 1. The Bertz CT molecular complexity index is 727. The lowest BCUT2D eigenvalue weighted by Crippen LogP contribution is -2.35. The minimum absolute atomic E-state index is 0.0558. The van der Waals surface area contributed by atoms with Crippen molar-refractivity contribution >= 4 is 28.9 Å². The molecule has 0 bridgehead atoms. The van der Waals surface area contributed by atoms with Crippen molar-refractivity contribution < 1.29 is 4.79 Å². The third kappa shape index (κ3) is 2.28. The summed E-state index contributed by atoms with van der Waals surface area (Å²) < 4.78 is 0. The molecule has 108 valence electrons. The number of benzene rings is 2. The summed E-state index contributed by atoms with van der Waals surface area (Å²) in [5.41, 5.74) is 10.1. The number of carbonyl (C=O) groups excluding carboxylic acids is 1. The summed E-state index contributed by atoms with van der Waals surface area (Å²) in [4.78, 5) is 14.7. The van der Waals surface area contributed by atoms with Crippen molar-refractivity contribution in [2.75, 3.05) is 10.6 Å². The van der Waals surface area contributed by atoms with Crippen LogP contribution < -0.4 is 10.6 Å². The highest BCUT2D eigenvalue weighted by molar-refractivity contribution is 6.35. The van der Waals surface area contributed by atoms with Gasteiger partial charge in [0.25, 0.3) is 5.91 Å². The molecular weight excluding hydrogens is 284 g/mol. The second kappa shape index (κ2) is 5.08. The Balaban J connectivity index is 2.05. The zero-order valence-corrected chi connectivity index (χ0v) is 12.8. The Kier molecular flexibility index (Phi) is 3.38. The Morgan fingerprint density at radius 2 is 2.10 bits per heavy atom. The quantitative estimate of drug-likeness (QED) is 0.814. The van der Waals surface area contributed by atoms with Crippen LogP contribution >= 0.6 is 11.6 Å². The summed E-state index contributed by atoms with van der Waals surface area (Å²) in [6, 6.07) is 11.3. The molecule has 0 radical (unpaired) electrons. The van der Waals surface area contributed by atoms with Gasteiger partial charge in [0, 0.05) is 17.4 Å². The van der Waals surface area contributed by atoms with E-state index in [-0.39, 0.29) is 11.9 Å². The molecule has 2 aromatic carbocycles. The van der Waals surface area contributed by atoms with Gasteiger partial charge in [0.05, 0.1) is 10.6 Å². The lowest BCUT2D eigenvalue weighted by molar-refractivity contribution is 0.0981. The van der Waals surface area contributed by atoms with E-state index in [4.69, 9.17) is 17.3 Å². The fourth-order valence-electron chi connectivity index (χ4n) is 2.90. The van der Waals surface area contributed by atoms with Crippen LogP contribution in [-0.2, 0) is 6.42 Å². The predicted molar refractivity (Wildman–Crippen MR) is 87.0 cm³/mol. The third-order valence-corrected chi connectivity index (χ3v) is 4.46. The van der Waals surface area contributed by atoms with E-state index in [1.165, 1.54) is 0 Å². The largest absolute Gasteiger partial charge is 0.399 e. The molecule has 4 heteroatoms. The van der Waals surface area contributed by atoms with E-state index in [2.05, 4.69) is 0 Å². The Hall–Kier alpha value is -2.00. The van der Waals surface area contributed by atoms with E-state index < -0.39 is 0 Å². The number of aryl methyl sites for hydroxylation is 1. The Morgan fingerprint density at radius 3 is 2.86 bits per heavy atom. The van der Waals surface area contributed by atoms with E-state index in [1.54, 1.807) is 6.07 Å². The number of hydrogen-bond donors (Lipinski definition) is 1. The first kappa shape index (κ1) is 14.0. The first-order valence-electron chi connectivity index (χ1n) is 6.96. The Labute approximate surface area is 129 Å². The predicted octanol–water partition coefficient (Wildman–Crippen LogP) is 3.82. The normalized spacial score (nSPS) is 16.9. The highest BCUT2D eigenvalue weighted by atomic mass is 35.5. The van der Waals surface area contributed by atoms with E-state index in [0.717, 1.165) is 28.9 Å². The summed E-state index contributed by atoms with van der Waals surface area (Å²) in [7, 11) is 0. The van der Waals surface area contributed by atoms with Gasteiger partial charge in [-0.25, -0.2) is 0 Å². The summed E-state index contributed by atoms with van der Waals surface area (Å²) in [5.74, 6) is -0.0558. The smallest absolute Gasteiger partial charge is 0.260 e. The molecule has 0 fully saturated rings. The van der Waals surface area contributed by atoms with E-state index >= 15 is 0 Å². The second-order valence-electron chi connectivity index (χ2n) is 5.55. The molecular formula is C17H17ClN2O. The van der Waals surface area contributed by atoms with Crippen molar-refractivity contribution in [3.8, 4) is 0 Å². The lowest BCUT2D eigenvalue weighted by Gasteiger charge is -2.23. The fraction of sp³-hybridized carbons (Fsp3) is 0.235. The van der Waals surface area contributed by atoms with Crippen molar-refractivity contribution in [2.45, 2.75) is 26.3 Å². The van der Waals surface area contributed by atoms with Crippen LogP contribution in [0.3, 0.4) is 0 Å². The Morgan fingerprint density at radius 1 is 1.33 bits per heavy atom. The van der Waals surface area contributed by atoms with Gasteiger partial charge in [0.15, 0.2) is 0 Å². The highest BCUT2D eigenvalue weighted by Crippen LogP contribution is 2.35. The number of nitrogens with zero attached hydrogens (tertiary/aromatic N) is 1. The minimum atomic E-state index is -0.0558.